The van der Waals surface area contributed by atoms with Gasteiger partial charge in [0.15, 0.2) is 0 Å². The molecule has 1 aromatic carbocycles. The SMILES string of the molecule is CC(C)Oc1cccc(CN2CCC(CC(=O)O)C2)c1. The zero-order chi connectivity index (χ0) is 14.5. The molecule has 4 nitrogen and oxygen atoms in total. The van der Waals surface area contributed by atoms with E-state index >= 15 is 0 Å². The maximum Gasteiger partial charge on any atom is 0.303 e. The van der Waals surface area contributed by atoms with E-state index in [1.165, 1.54) is 5.56 Å². The Balaban J connectivity index is 1.89. The van der Waals surface area contributed by atoms with Gasteiger partial charge < -0.3 is 9.84 Å². The first-order valence-electron chi connectivity index (χ1n) is 7.22. The zero-order valence-electron chi connectivity index (χ0n) is 12.2. The number of hydrogen-bond acceptors (Lipinski definition) is 3. The first-order chi connectivity index (χ1) is 9.52. The van der Waals surface area contributed by atoms with Crippen molar-refractivity contribution < 1.29 is 14.6 Å². The van der Waals surface area contributed by atoms with Crippen LogP contribution in [-0.4, -0.2) is 35.2 Å². The minimum absolute atomic E-state index is 0.178. The molecule has 2 rings (SSSR count). The average molecular weight is 277 g/mol. The highest BCUT2D eigenvalue weighted by molar-refractivity contribution is 5.67. The first-order valence-corrected chi connectivity index (χ1v) is 7.22. The lowest BCUT2D eigenvalue weighted by Crippen LogP contribution is -2.21. The van der Waals surface area contributed by atoms with Crippen molar-refractivity contribution in [3.05, 3.63) is 29.8 Å². The summed E-state index contributed by atoms with van der Waals surface area (Å²) < 4.78 is 5.70. The van der Waals surface area contributed by atoms with Gasteiger partial charge in [-0.25, -0.2) is 0 Å². The van der Waals surface area contributed by atoms with Crippen molar-refractivity contribution in [1.29, 1.82) is 0 Å². The highest BCUT2D eigenvalue weighted by atomic mass is 16.5. The van der Waals surface area contributed by atoms with Crippen LogP contribution >= 0.6 is 0 Å². The van der Waals surface area contributed by atoms with Crippen molar-refractivity contribution in [2.75, 3.05) is 13.1 Å². The number of carboxylic acids is 1. The van der Waals surface area contributed by atoms with Crippen LogP contribution in [0.15, 0.2) is 24.3 Å². The molecule has 1 aromatic rings. The van der Waals surface area contributed by atoms with E-state index in [9.17, 15) is 4.79 Å². The third kappa shape index (κ3) is 4.53. The van der Waals surface area contributed by atoms with Crippen molar-refractivity contribution in [2.24, 2.45) is 5.92 Å². The second-order valence-electron chi connectivity index (χ2n) is 5.80. The van der Waals surface area contributed by atoms with E-state index in [1.807, 2.05) is 26.0 Å². The fourth-order valence-electron chi connectivity index (χ4n) is 2.72. The number of aliphatic carboxylic acids is 1. The minimum atomic E-state index is -0.691. The lowest BCUT2D eigenvalue weighted by molar-refractivity contribution is -0.138. The Labute approximate surface area is 120 Å². The Morgan fingerprint density at radius 2 is 2.30 bits per heavy atom. The number of carboxylic acid groups (broad SMARTS) is 1. The number of nitrogens with zero attached hydrogens (tertiary/aromatic N) is 1. The summed E-state index contributed by atoms with van der Waals surface area (Å²) in [5.74, 6) is 0.505. The Kier molecular flexibility index (Phi) is 5.01. The van der Waals surface area contributed by atoms with Crippen LogP contribution in [0.25, 0.3) is 0 Å². The van der Waals surface area contributed by atoms with Gasteiger partial charge in [0.25, 0.3) is 0 Å². The lowest BCUT2D eigenvalue weighted by Gasteiger charge is -2.17. The summed E-state index contributed by atoms with van der Waals surface area (Å²) in [7, 11) is 0. The second-order valence-corrected chi connectivity index (χ2v) is 5.80. The molecule has 1 atom stereocenters. The number of hydrogen-bond donors (Lipinski definition) is 1. The van der Waals surface area contributed by atoms with Crippen molar-refractivity contribution >= 4 is 5.97 Å². The van der Waals surface area contributed by atoms with Gasteiger partial charge in [-0.1, -0.05) is 12.1 Å². The van der Waals surface area contributed by atoms with Gasteiger partial charge in [0.05, 0.1) is 6.10 Å². The van der Waals surface area contributed by atoms with E-state index < -0.39 is 5.97 Å². The normalized spacial score (nSPS) is 19.4. The Hall–Kier alpha value is -1.55. The maximum atomic E-state index is 10.7. The first kappa shape index (κ1) is 14.9. The third-order valence-electron chi connectivity index (χ3n) is 3.51. The van der Waals surface area contributed by atoms with E-state index in [-0.39, 0.29) is 12.5 Å². The van der Waals surface area contributed by atoms with Crippen molar-refractivity contribution in [3.8, 4) is 5.75 Å². The van der Waals surface area contributed by atoms with Crippen molar-refractivity contribution in [3.63, 3.8) is 0 Å². The molecule has 1 aliphatic heterocycles. The van der Waals surface area contributed by atoms with Gasteiger partial charge in [0.1, 0.15) is 5.75 Å². The van der Waals surface area contributed by atoms with Crippen molar-refractivity contribution in [1.82, 2.24) is 4.90 Å². The Bertz CT molecular complexity index is 459. The highest BCUT2D eigenvalue weighted by Gasteiger charge is 2.24. The number of carbonyl (C=O) groups is 1. The standard InChI is InChI=1S/C16H23NO3/c1-12(2)20-15-5-3-4-13(8-15)10-17-7-6-14(11-17)9-16(18)19/h3-5,8,12,14H,6-7,9-11H2,1-2H3,(H,18,19). The summed E-state index contributed by atoms with van der Waals surface area (Å²) in [6.45, 7) is 6.76. The van der Waals surface area contributed by atoms with Gasteiger partial charge in [0, 0.05) is 19.5 Å². The molecule has 0 spiro atoms. The molecule has 0 aromatic heterocycles. The van der Waals surface area contributed by atoms with Gasteiger partial charge in [-0.2, -0.15) is 0 Å². The monoisotopic (exact) mass is 277 g/mol. The van der Waals surface area contributed by atoms with Crippen LogP contribution in [0.5, 0.6) is 5.75 Å². The smallest absolute Gasteiger partial charge is 0.303 e. The highest BCUT2D eigenvalue weighted by Crippen LogP contribution is 2.23. The molecule has 1 unspecified atom stereocenters. The molecule has 1 aliphatic rings. The fourth-order valence-corrected chi connectivity index (χ4v) is 2.72. The molecule has 1 fully saturated rings. The second kappa shape index (κ2) is 6.75. The Morgan fingerprint density at radius 3 is 3.00 bits per heavy atom. The molecule has 0 radical (unpaired) electrons. The summed E-state index contributed by atoms with van der Waals surface area (Å²) in [6.07, 6.45) is 1.44. The molecule has 0 aliphatic carbocycles. The molecule has 20 heavy (non-hydrogen) atoms. The van der Waals surface area contributed by atoms with E-state index in [1.54, 1.807) is 0 Å². The van der Waals surface area contributed by atoms with E-state index in [4.69, 9.17) is 9.84 Å². The van der Waals surface area contributed by atoms with Gasteiger partial charge >= 0.3 is 5.97 Å². The molecule has 0 bridgehead atoms. The van der Waals surface area contributed by atoms with E-state index in [0.717, 1.165) is 31.8 Å². The molecule has 1 N–H and O–H groups in total. The molecular formula is C16H23NO3. The van der Waals surface area contributed by atoms with Crippen LogP contribution in [-0.2, 0) is 11.3 Å². The quantitative estimate of drug-likeness (QED) is 0.868. The van der Waals surface area contributed by atoms with Crippen LogP contribution in [0.1, 0.15) is 32.3 Å². The summed E-state index contributed by atoms with van der Waals surface area (Å²) >= 11 is 0. The summed E-state index contributed by atoms with van der Waals surface area (Å²) in [4.78, 5) is 13.1. The molecule has 0 saturated carbocycles. The number of ether oxygens (including phenoxy) is 1. The van der Waals surface area contributed by atoms with Crippen LogP contribution in [0.3, 0.4) is 0 Å². The fraction of sp³-hybridized carbons (Fsp3) is 0.562. The molecule has 1 heterocycles. The predicted octanol–water partition coefficient (Wildman–Crippen LogP) is 2.77. The van der Waals surface area contributed by atoms with Gasteiger partial charge in [-0.05, 0) is 50.4 Å². The van der Waals surface area contributed by atoms with E-state index in [0.29, 0.717) is 5.92 Å². The lowest BCUT2D eigenvalue weighted by atomic mass is 10.1. The Morgan fingerprint density at radius 1 is 1.50 bits per heavy atom. The molecule has 110 valence electrons. The van der Waals surface area contributed by atoms with Gasteiger partial charge in [-0.3, -0.25) is 9.69 Å². The number of likely N-dealkylation sites (tertiary alicyclic amines) is 1. The average Bonchev–Trinajstić information content (AvgIpc) is 2.75. The molecule has 0 amide bonds. The summed E-state index contributed by atoms with van der Waals surface area (Å²) in [5, 5.41) is 8.84. The molecule has 1 saturated heterocycles. The van der Waals surface area contributed by atoms with E-state index in [2.05, 4.69) is 17.0 Å². The minimum Gasteiger partial charge on any atom is -0.491 e. The predicted molar refractivity (Wildman–Crippen MR) is 77.8 cm³/mol. The van der Waals surface area contributed by atoms with Crippen LogP contribution in [0.2, 0.25) is 0 Å². The maximum absolute atomic E-state index is 10.7. The largest absolute Gasteiger partial charge is 0.491 e. The van der Waals surface area contributed by atoms with Crippen molar-refractivity contribution in [2.45, 2.75) is 39.3 Å². The van der Waals surface area contributed by atoms with Crippen LogP contribution < -0.4 is 4.74 Å². The van der Waals surface area contributed by atoms with Gasteiger partial charge in [0.2, 0.25) is 0 Å². The zero-order valence-corrected chi connectivity index (χ0v) is 12.2. The topological polar surface area (TPSA) is 49.8 Å². The van der Waals surface area contributed by atoms with Crippen LogP contribution in [0, 0.1) is 5.92 Å². The number of rotatable bonds is 6. The van der Waals surface area contributed by atoms with Crippen LogP contribution in [0.4, 0.5) is 0 Å². The summed E-state index contributed by atoms with van der Waals surface area (Å²) in [5.41, 5.74) is 1.22. The van der Waals surface area contributed by atoms with Gasteiger partial charge in [-0.15, -0.1) is 0 Å². The molecule has 4 heteroatoms. The summed E-state index contributed by atoms with van der Waals surface area (Å²) in [6, 6.07) is 8.15. The molecular weight excluding hydrogens is 254 g/mol. The number of benzene rings is 1. The third-order valence-corrected chi connectivity index (χ3v) is 3.51.